The Labute approximate surface area is 161 Å². The lowest BCUT2D eigenvalue weighted by Gasteiger charge is -2.34. The molecule has 0 bridgehead atoms. The minimum atomic E-state index is -3.84. The fraction of sp³-hybridized carbons (Fsp3) is 0.312. The molecule has 1 aromatic heterocycles. The summed E-state index contributed by atoms with van der Waals surface area (Å²) >= 11 is 12.1. The van der Waals surface area contributed by atoms with Gasteiger partial charge in [0.2, 0.25) is 10.0 Å². The van der Waals surface area contributed by atoms with Gasteiger partial charge in [0.1, 0.15) is 10.6 Å². The van der Waals surface area contributed by atoms with E-state index < -0.39 is 10.0 Å². The average Bonchev–Trinajstić information content (AvgIpc) is 2.61. The molecule has 1 aromatic carbocycles. The van der Waals surface area contributed by atoms with E-state index >= 15 is 0 Å². The highest BCUT2D eigenvalue weighted by atomic mass is 35.5. The van der Waals surface area contributed by atoms with E-state index in [1.54, 1.807) is 17.9 Å². The summed E-state index contributed by atoms with van der Waals surface area (Å²) in [4.78, 5) is 22.0. The molecule has 0 atom stereocenters. The van der Waals surface area contributed by atoms with E-state index in [0.717, 1.165) is 0 Å². The SMILES string of the molecule is Cc1cnc(C(=O)N2CCN(S(=O)(=O)c3c(Cl)cccc3Cl)CC2)cn1. The van der Waals surface area contributed by atoms with Crippen LogP contribution in [-0.2, 0) is 10.0 Å². The van der Waals surface area contributed by atoms with Crippen molar-refractivity contribution in [3.8, 4) is 0 Å². The maximum absolute atomic E-state index is 12.8. The van der Waals surface area contributed by atoms with Crippen molar-refractivity contribution < 1.29 is 13.2 Å². The van der Waals surface area contributed by atoms with Gasteiger partial charge in [-0.25, -0.2) is 13.4 Å². The molecule has 0 radical (unpaired) electrons. The molecule has 0 aliphatic carbocycles. The summed E-state index contributed by atoms with van der Waals surface area (Å²) in [5.41, 5.74) is 0.954. The highest BCUT2D eigenvalue weighted by Gasteiger charge is 2.33. The molecule has 3 rings (SSSR count). The van der Waals surface area contributed by atoms with Crippen LogP contribution in [-0.4, -0.2) is 59.7 Å². The quantitative estimate of drug-likeness (QED) is 0.768. The first-order valence-corrected chi connectivity index (χ1v) is 10.0. The predicted molar refractivity (Wildman–Crippen MR) is 97.9 cm³/mol. The van der Waals surface area contributed by atoms with Crippen molar-refractivity contribution in [3.63, 3.8) is 0 Å². The fourth-order valence-electron chi connectivity index (χ4n) is 2.65. The number of rotatable bonds is 3. The van der Waals surface area contributed by atoms with Gasteiger partial charge in [0.05, 0.1) is 21.9 Å². The Morgan fingerprint density at radius 1 is 1.04 bits per heavy atom. The van der Waals surface area contributed by atoms with E-state index in [-0.39, 0.29) is 52.7 Å². The molecule has 0 saturated carbocycles. The molecule has 0 unspecified atom stereocenters. The van der Waals surface area contributed by atoms with Crippen molar-refractivity contribution in [1.82, 2.24) is 19.2 Å². The molecule has 138 valence electrons. The zero-order chi connectivity index (χ0) is 18.9. The third-order valence-electron chi connectivity index (χ3n) is 4.04. The largest absolute Gasteiger partial charge is 0.335 e. The molecule has 26 heavy (non-hydrogen) atoms. The summed E-state index contributed by atoms with van der Waals surface area (Å²) in [5, 5.41) is 0.150. The van der Waals surface area contributed by atoms with E-state index in [1.165, 1.54) is 28.8 Å². The van der Waals surface area contributed by atoms with Gasteiger partial charge in [0, 0.05) is 32.4 Å². The second-order valence-corrected chi connectivity index (χ2v) is 8.48. The molecule has 1 amide bonds. The molecule has 7 nitrogen and oxygen atoms in total. The van der Waals surface area contributed by atoms with Crippen molar-refractivity contribution in [1.29, 1.82) is 0 Å². The van der Waals surface area contributed by atoms with Crippen LogP contribution >= 0.6 is 23.2 Å². The first-order chi connectivity index (χ1) is 12.3. The molecule has 1 fully saturated rings. The number of halogens is 2. The number of piperazine rings is 1. The lowest BCUT2D eigenvalue weighted by molar-refractivity contribution is 0.0691. The van der Waals surface area contributed by atoms with E-state index in [1.807, 2.05) is 0 Å². The lowest BCUT2D eigenvalue weighted by Crippen LogP contribution is -2.50. The van der Waals surface area contributed by atoms with Crippen molar-refractivity contribution in [3.05, 3.63) is 52.0 Å². The number of benzene rings is 1. The summed E-state index contributed by atoms with van der Waals surface area (Å²) < 4.78 is 27.0. The van der Waals surface area contributed by atoms with Crippen molar-refractivity contribution >= 4 is 39.1 Å². The molecule has 1 aliphatic rings. The summed E-state index contributed by atoms with van der Waals surface area (Å²) in [6.45, 7) is 2.57. The number of aryl methyl sites for hydroxylation is 1. The third kappa shape index (κ3) is 3.68. The van der Waals surface area contributed by atoms with Gasteiger partial charge in [-0.15, -0.1) is 0 Å². The molecular formula is C16H16Cl2N4O3S. The molecule has 1 saturated heterocycles. The number of hydrogen-bond acceptors (Lipinski definition) is 5. The van der Waals surface area contributed by atoms with Gasteiger partial charge in [0.15, 0.2) is 0 Å². The number of amides is 1. The first kappa shape index (κ1) is 19.0. The Morgan fingerprint density at radius 2 is 1.65 bits per heavy atom. The van der Waals surface area contributed by atoms with Crippen LogP contribution in [0.15, 0.2) is 35.5 Å². The second kappa shape index (κ2) is 7.48. The molecule has 2 heterocycles. The standard InChI is InChI=1S/C16H16Cl2N4O3S/c1-11-9-20-14(10-19-11)16(23)21-5-7-22(8-6-21)26(24,25)15-12(17)3-2-4-13(15)18/h2-4,9-10H,5-8H2,1H3. The minimum Gasteiger partial charge on any atom is -0.335 e. The molecule has 1 aliphatic heterocycles. The van der Waals surface area contributed by atoms with Crippen LogP contribution in [0.25, 0.3) is 0 Å². The fourth-order valence-corrected chi connectivity index (χ4v) is 5.17. The number of aromatic nitrogens is 2. The van der Waals surface area contributed by atoms with E-state index in [2.05, 4.69) is 9.97 Å². The highest BCUT2D eigenvalue weighted by Crippen LogP contribution is 2.31. The van der Waals surface area contributed by atoms with Gasteiger partial charge in [-0.3, -0.25) is 9.78 Å². The maximum atomic E-state index is 12.8. The van der Waals surface area contributed by atoms with E-state index in [4.69, 9.17) is 23.2 Å². The summed E-state index contributed by atoms with van der Waals surface area (Å²) in [7, 11) is -3.84. The van der Waals surface area contributed by atoms with Gasteiger partial charge in [-0.05, 0) is 19.1 Å². The van der Waals surface area contributed by atoms with E-state index in [0.29, 0.717) is 5.69 Å². The average molecular weight is 415 g/mol. The number of carbonyl (C=O) groups is 1. The van der Waals surface area contributed by atoms with E-state index in [9.17, 15) is 13.2 Å². The van der Waals surface area contributed by atoms with Crippen LogP contribution in [0.2, 0.25) is 10.0 Å². The van der Waals surface area contributed by atoms with Crippen LogP contribution in [0.5, 0.6) is 0 Å². The van der Waals surface area contributed by atoms with Gasteiger partial charge in [0.25, 0.3) is 5.91 Å². The Hall–Kier alpha value is -1.74. The van der Waals surface area contributed by atoms with Crippen LogP contribution in [0.1, 0.15) is 16.2 Å². The van der Waals surface area contributed by atoms with Crippen LogP contribution < -0.4 is 0 Å². The van der Waals surface area contributed by atoms with Crippen LogP contribution in [0.4, 0.5) is 0 Å². The monoisotopic (exact) mass is 414 g/mol. The first-order valence-electron chi connectivity index (χ1n) is 7.83. The van der Waals surface area contributed by atoms with Crippen molar-refractivity contribution in [2.24, 2.45) is 0 Å². The van der Waals surface area contributed by atoms with Gasteiger partial charge >= 0.3 is 0 Å². The molecule has 0 spiro atoms. The molecule has 2 aromatic rings. The summed E-state index contributed by atoms with van der Waals surface area (Å²) in [6.07, 6.45) is 2.94. The Bertz CT molecular complexity index is 907. The van der Waals surface area contributed by atoms with Crippen molar-refractivity contribution in [2.75, 3.05) is 26.2 Å². The maximum Gasteiger partial charge on any atom is 0.274 e. The Morgan fingerprint density at radius 3 is 2.19 bits per heavy atom. The predicted octanol–water partition coefficient (Wildman–Crippen LogP) is 2.24. The summed E-state index contributed by atoms with van der Waals surface area (Å²) in [5.74, 6) is -0.273. The second-order valence-electron chi connectivity index (χ2n) is 5.79. The third-order valence-corrected chi connectivity index (χ3v) is 6.90. The topological polar surface area (TPSA) is 83.5 Å². The number of hydrogen-bond donors (Lipinski definition) is 0. The number of sulfonamides is 1. The van der Waals surface area contributed by atoms with Gasteiger partial charge in [-0.1, -0.05) is 29.3 Å². The minimum absolute atomic E-state index is 0.0749. The smallest absolute Gasteiger partial charge is 0.274 e. The van der Waals surface area contributed by atoms with Crippen molar-refractivity contribution in [2.45, 2.75) is 11.8 Å². The molecule has 10 heteroatoms. The lowest BCUT2D eigenvalue weighted by atomic mass is 10.3. The number of nitrogens with zero attached hydrogens (tertiary/aromatic N) is 4. The summed E-state index contributed by atoms with van der Waals surface area (Å²) in [6, 6.07) is 4.55. The zero-order valence-electron chi connectivity index (χ0n) is 13.9. The molecule has 0 N–H and O–H groups in total. The zero-order valence-corrected chi connectivity index (χ0v) is 16.2. The van der Waals surface area contributed by atoms with Crippen LogP contribution in [0.3, 0.4) is 0 Å². The number of carbonyl (C=O) groups excluding carboxylic acids is 1. The van der Waals surface area contributed by atoms with Crippen LogP contribution in [0, 0.1) is 6.92 Å². The van der Waals surface area contributed by atoms with Gasteiger partial charge in [-0.2, -0.15) is 4.31 Å². The highest BCUT2D eigenvalue weighted by molar-refractivity contribution is 7.89. The Balaban J connectivity index is 1.74. The molecular weight excluding hydrogens is 399 g/mol. The van der Waals surface area contributed by atoms with Gasteiger partial charge < -0.3 is 4.90 Å². The normalized spacial score (nSPS) is 15.9. The Kier molecular flexibility index (Phi) is 5.47.